The van der Waals surface area contributed by atoms with E-state index in [0.717, 1.165) is 12.8 Å². The lowest BCUT2D eigenvalue weighted by molar-refractivity contribution is -0.143. The molecule has 3 heterocycles. The van der Waals surface area contributed by atoms with Crippen molar-refractivity contribution >= 4 is 11.8 Å². The van der Waals surface area contributed by atoms with Crippen molar-refractivity contribution in [1.29, 1.82) is 0 Å². The number of hydrogen-bond acceptors (Lipinski definition) is 6. The lowest BCUT2D eigenvalue weighted by Gasteiger charge is -2.17. The van der Waals surface area contributed by atoms with Crippen LogP contribution in [0.2, 0.25) is 0 Å². The van der Waals surface area contributed by atoms with E-state index >= 15 is 0 Å². The van der Waals surface area contributed by atoms with Crippen molar-refractivity contribution in [1.82, 2.24) is 35.2 Å². The van der Waals surface area contributed by atoms with Crippen LogP contribution in [-0.4, -0.2) is 54.8 Å². The van der Waals surface area contributed by atoms with Gasteiger partial charge in [0.2, 0.25) is 0 Å². The van der Waals surface area contributed by atoms with Gasteiger partial charge in [-0.2, -0.15) is 31.0 Å². The van der Waals surface area contributed by atoms with Crippen molar-refractivity contribution in [3.05, 3.63) is 64.4 Å². The molecule has 1 saturated heterocycles. The molecule has 0 radical (unpaired) electrons. The summed E-state index contributed by atoms with van der Waals surface area (Å²) in [6.07, 6.45) is -8.39. The Kier molecular flexibility index (Phi) is 7.12. The highest BCUT2D eigenvalue weighted by Crippen LogP contribution is 2.36. The number of likely N-dealkylation sites (tertiary alicyclic amines) is 1. The van der Waals surface area contributed by atoms with Crippen LogP contribution in [0.4, 0.5) is 26.3 Å². The van der Waals surface area contributed by atoms with Gasteiger partial charge in [0.05, 0.1) is 17.2 Å². The third kappa shape index (κ3) is 5.75. The van der Waals surface area contributed by atoms with E-state index in [1.165, 1.54) is 30.7 Å². The molecule has 4 rings (SSSR count). The summed E-state index contributed by atoms with van der Waals surface area (Å²) in [6.45, 7) is 4.22. The minimum atomic E-state index is -5.10. The molecule has 0 aliphatic carbocycles. The van der Waals surface area contributed by atoms with Crippen LogP contribution >= 0.6 is 0 Å². The number of aromatic nitrogens is 5. The van der Waals surface area contributed by atoms with Gasteiger partial charge in [-0.1, -0.05) is 0 Å². The summed E-state index contributed by atoms with van der Waals surface area (Å²) >= 11 is 0. The summed E-state index contributed by atoms with van der Waals surface area (Å²) in [7, 11) is 0. The van der Waals surface area contributed by atoms with E-state index in [-0.39, 0.29) is 35.1 Å². The summed E-state index contributed by atoms with van der Waals surface area (Å²) in [5, 5.41) is 14.5. The summed E-state index contributed by atoms with van der Waals surface area (Å²) in [5.74, 6) is -0.973. The monoisotopic (exact) mass is 541 g/mol. The molecule has 1 aliphatic heterocycles. The van der Waals surface area contributed by atoms with Gasteiger partial charge < -0.3 is 10.2 Å². The first-order valence-corrected chi connectivity index (χ1v) is 11.4. The van der Waals surface area contributed by atoms with Crippen LogP contribution in [0.25, 0.3) is 5.82 Å². The van der Waals surface area contributed by atoms with Gasteiger partial charge in [-0.25, -0.2) is 4.98 Å². The van der Waals surface area contributed by atoms with E-state index in [4.69, 9.17) is 0 Å². The molecule has 0 bridgehead atoms. The van der Waals surface area contributed by atoms with E-state index in [9.17, 15) is 35.9 Å². The Labute approximate surface area is 211 Å². The number of hydrogen-bond donors (Lipinski definition) is 1. The SMILES string of the molecule is Cc1nc([C@H](C)NC(=O)c2cc(C(F)(F)F)cc(C(F)(F)F)c2)n(-c2ccc(C(=O)N3CCCC3)nn2)n1. The Morgan fingerprint density at radius 2 is 1.55 bits per heavy atom. The quantitative estimate of drug-likeness (QED) is 0.487. The fourth-order valence-corrected chi connectivity index (χ4v) is 3.95. The average molecular weight is 541 g/mol. The number of nitrogens with one attached hydrogen (secondary N) is 1. The third-order valence-corrected chi connectivity index (χ3v) is 5.80. The van der Waals surface area contributed by atoms with Crippen LogP contribution in [0.1, 0.15) is 69.4 Å². The molecule has 0 spiro atoms. The van der Waals surface area contributed by atoms with Crippen LogP contribution in [0, 0.1) is 6.92 Å². The van der Waals surface area contributed by atoms with Crippen LogP contribution in [0.15, 0.2) is 30.3 Å². The van der Waals surface area contributed by atoms with Crippen LogP contribution < -0.4 is 5.32 Å². The fourth-order valence-electron chi connectivity index (χ4n) is 3.95. The minimum absolute atomic E-state index is 0.0585. The van der Waals surface area contributed by atoms with E-state index in [1.54, 1.807) is 4.90 Å². The second-order valence-corrected chi connectivity index (χ2v) is 8.69. The van der Waals surface area contributed by atoms with Crippen LogP contribution in [0.5, 0.6) is 0 Å². The van der Waals surface area contributed by atoms with Gasteiger partial charge in [-0.05, 0) is 57.0 Å². The number of carbonyl (C=O) groups is 2. The highest BCUT2D eigenvalue weighted by atomic mass is 19.4. The first-order chi connectivity index (χ1) is 17.7. The Bertz CT molecular complexity index is 1310. The van der Waals surface area contributed by atoms with Gasteiger partial charge >= 0.3 is 12.4 Å². The predicted molar refractivity (Wildman–Crippen MR) is 119 cm³/mol. The molecule has 1 atom stereocenters. The fraction of sp³-hybridized carbons (Fsp3) is 0.391. The van der Waals surface area contributed by atoms with Crippen molar-refractivity contribution in [3.8, 4) is 5.82 Å². The molecule has 2 amide bonds. The molecule has 2 aromatic heterocycles. The normalized spacial score (nSPS) is 15.0. The maximum Gasteiger partial charge on any atom is 0.416 e. The van der Waals surface area contributed by atoms with Gasteiger partial charge in [0.1, 0.15) is 5.82 Å². The average Bonchev–Trinajstić information content (AvgIpc) is 3.52. The van der Waals surface area contributed by atoms with Crippen molar-refractivity contribution < 1.29 is 35.9 Å². The van der Waals surface area contributed by atoms with Crippen LogP contribution in [0.3, 0.4) is 0 Å². The van der Waals surface area contributed by atoms with Crippen molar-refractivity contribution in [2.75, 3.05) is 13.1 Å². The summed E-state index contributed by atoms with van der Waals surface area (Å²) in [6, 6.07) is 2.53. The molecular formula is C23H21F6N7O2. The Hall–Kier alpha value is -4.04. The molecule has 9 nitrogen and oxygen atoms in total. The smallest absolute Gasteiger partial charge is 0.342 e. The number of nitrogens with zero attached hydrogens (tertiary/aromatic N) is 6. The Morgan fingerprint density at radius 1 is 0.947 bits per heavy atom. The first-order valence-electron chi connectivity index (χ1n) is 11.4. The molecule has 1 aliphatic rings. The highest BCUT2D eigenvalue weighted by molar-refractivity contribution is 5.95. The van der Waals surface area contributed by atoms with Gasteiger partial charge in [0.15, 0.2) is 17.3 Å². The summed E-state index contributed by atoms with van der Waals surface area (Å²) in [4.78, 5) is 31.1. The number of rotatable bonds is 5. The molecule has 3 aromatic rings. The lowest BCUT2D eigenvalue weighted by atomic mass is 10.0. The van der Waals surface area contributed by atoms with E-state index in [2.05, 4.69) is 25.6 Å². The van der Waals surface area contributed by atoms with Gasteiger partial charge in [-0.3, -0.25) is 9.59 Å². The molecule has 1 fully saturated rings. The standard InChI is InChI=1S/C23H21F6N7O2/c1-12(30-20(37)14-9-15(22(24,25)26)11-16(10-14)23(27,28)29)19-31-13(2)34-36(19)18-6-5-17(32-33-18)21(38)35-7-3-4-8-35/h5-6,9-12H,3-4,7-8H2,1-2H3,(H,30,37)/t12-/m0/s1. The highest BCUT2D eigenvalue weighted by Gasteiger charge is 2.37. The number of amides is 2. The van der Waals surface area contributed by atoms with Gasteiger partial charge in [0.25, 0.3) is 11.8 Å². The second kappa shape index (κ2) is 10.0. The second-order valence-electron chi connectivity index (χ2n) is 8.69. The van der Waals surface area contributed by atoms with Gasteiger partial charge in [0, 0.05) is 18.7 Å². The minimum Gasteiger partial charge on any atom is -0.342 e. The van der Waals surface area contributed by atoms with Gasteiger partial charge in [-0.15, -0.1) is 15.3 Å². The predicted octanol–water partition coefficient (Wildman–Crippen LogP) is 4.13. The number of aryl methyl sites for hydroxylation is 1. The topological polar surface area (TPSA) is 106 Å². The third-order valence-electron chi connectivity index (χ3n) is 5.80. The summed E-state index contributed by atoms with van der Waals surface area (Å²) < 4.78 is 80.3. The molecule has 202 valence electrons. The Morgan fingerprint density at radius 3 is 2.08 bits per heavy atom. The van der Waals surface area contributed by atoms with Crippen molar-refractivity contribution in [2.45, 2.75) is 45.1 Å². The number of halogens is 6. The zero-order valence-corrected chi connectivity index (χ0v) is 20.1. The van der Waals surface area contributed by atoms with Crippen molar-refractivity contribution in [3.63, 3.8) is 0 Å². The maximum atomic E-state index is 13.2. The Balaban J connectivity index is 1.58. The number of carbonyl (C=O) groups excluding carboxylic acids is 2. The molecule has 38 heavy (non-hydrogen) atoms. The molecule has 15 heteroatoms. The largest absolute Gasteiger partial charge is 0.416 e. The van der Waals surface area contributed by atoms with E-state index < -0.39 is 41.0 Å². The van der Waals surface area contributed by atoms with E-state index in [1.807, 2.05) is 0 Å². The first kappa shape index (κ1) is 27.0. The maximum absolute atomic E-state index is 13.2. The lowest BCUT2D eigenvalue weighted by Crippen LogP contribution is -2.30. The molecule has 1 aromatic carbocycles. The molecule has 0 unspecified atom stereocenters. The van der Waals surface area contributed by atoms with E-state index in [0.29, 0.717) is 25.2 Å². The summed E-state index contributed by atoms with van der Waals surface area (Å²) in [5.41, 5.74) is -3.92. The number of benzene rings is 1. The molecular weight excluding hydrogens is 520 g/mol. The molecule has 0 saturated carbocycles. The molecule has 1 N–H and O–H groups in total. The zero-order valence-electron chi connectivity index (χ0n) is 20.1. The van der Waals surface area contributed by atoms with Crippen LogP contribution in [-0.2, 0) is 12.4 Å². The van der Waals surface area contributed by atoms with Crippen molar-refractivity contribution in [2.24, 2.45) is 0 Å². The zero-order chi connectivity index (χ0) is 27.8. The number of alkyl halides is 6.